The maximum atomic E-state index is 12.1. The third-order valence-corrected chi connectivity index (χ3v) is 5.01. The van der Waals surface area contributed by atoms with Crippen LogP contribution in [0, 0.1) is 5.92 Å². The number of nitrogens with two attached hydrogens (primary N) is 1. The van der Waals surface area contributed by atoms with E-state index in [1.807, 2.05) is 6.20 Å². The number of rotatable bonds is 4. The van der Waals surface area contributed by atoms with Crippen LogP contribution in [-0.2, 0) is 4.79 Å². The first-order valence-corrected chi connectivity index (χ1v) is 8.38. The van der Waals surface area contributed by atoms with E-state index in [0.29, 0.717) is 25.2 Å². The first-order chi connectivity index (χ1) is 10.3. The summed E-state index contributed by atoms with van der Waals surface area (Å²) in [5.41, 5.74) is 5.42. The van der Waals surface area contributed by atoms with E-state index in [9.17, 15) is 4.79 Å². The summed E-state index contributed by atoms with van der Waals surface area (Å²) >= 11 is 1.60. The van der Waals surface area contributed by atoms with Gasteiger partial charge in [-0.2, -0.15) is 0 Å². The van der Waals surface area contributed by atoms with Crippen molar-refractivity contribution in [3.8, 4) is 0 Å². The van der Waals surface area contributed by atoms with Crippen LogP contribution in [0.4, 0.5) is 0 Å². The molecule has 21 heavy (non-hydrogen) atoms. The third-order valence-electron chi connectivity index (χ3n) is 4.02. The lowest BCUT2D eigenvalue weighted by Crippen LogP contribution is -2.52. The van der Waals surface area contributed by atoms with Crippen LogP contribution in [0.5, 0.6) is 0 Å². The highest BCUT2D eigenvalue weighted by atomic mass is 32.2. The standard InChI is InChI=1S/C13H22N6OS/c14-2-4-16-13(20)10-7-19(5-6-21-10)12-9-1-3-15-11(9)17-8-18-12/h7-9,11-12,15H,1-6,14H2,(H,16,20)(H,17,18). The number of carbonyl (C=O) groups is 1. The van der Waals surface area contributed by atoms with Crippen LogP contribution in [0.15, 0.2) is 16.1 Å². The van der Waals surface area contributed by atoms with Crippen molar-refractivity contribution in [1.29, 1.82) is 0 Å². The number of fused-ring (bicyclic) bond motifs is 1. The van der Waals surface area contributed by atoms with Crippen molar-refractivity contribution >= 4 is 24.0 Å². The summed E-state index contributed by atoms with van der Waals surface area (Å²) in [5.74, 6) is 1.32. The van der Waals surface area contributed by atoms with E-state index in [-0.39, 0.29) is 12.1 Å². The van der Waals surface area contributed by atoms with E-state index < -0.39 is 0 Å². The number of hydrogen-bond donors (Lipinski definition) is 4. The molecule has 3 atom stereocenters. The maximum absolute atomic E-state index is 12.1. The molecule has 1 saturated heterocycles. The molecule has 1 fully saturated rings. The van der Waals surface area contributed by atoms with E-state index in [1.165, 1.54) is 0 Å². The highest BCUT2D eigenvalue weighted by Crippen LogP contribution is 2.30. The number of amides is 1. The van der Waals surface area contributed by atoms with Gasteiger partial charge in [0.1, 0.15) is 6.17 Å². The van der Waals surface area contributed by atoms with E-state index in [0.717, 1.165) is 30.2 Å². The fraction of sp³-hybridized carbons (Fsp3) is 0.692. The first kappa shape index (κ1) is 14.7. The Bertz CT molecular complexity index is 454. The average molecular weight is 310 g/mol. The zero-order valence-electron chi connectivity index (χ0n) is 11.9. The smallest absolute Gasteiger partial charge is 0.259 e. The molecule has 0 aromatic carbocycles. The van der Waals surface area contributed by atoms with Gasteiger partial charge in [-0.3, -0.25) is 15.1 Å². The van der Waals surface area contributed by atoms with Gasteiger partial charge >= 0.3 is 0 Å². The van der Waals surface area contributed by atoms with Crippen molar-refractivity contribution in [3.63, 3.8) is 0 Å². The second-order valence-electron chi connectivity index (χ2n) is 5.37. The van der Waals surface area contributed by atoms with Crippen molar-refractivity contribution in [2.45, 2.75) is 18.8 Å². The quantitative estimate of drug-likeness (QED) is 0.523. The van der Waals surface area contributed by atoms with Gasteiger partial charge in [-0.05, 0) is 13.0 Å². The highest BCUT2D eigenvalue weighted by Gasteiger charge is 2.38. The lowest BCUT2D eigenvalue weighted by Gasteiger charge is -2.38. The second kappa shape index (κ2) is 6.67. The van der Waals surface area contributed by atoms with Gasteiger partial charge in [-0.1, -0.05) is 0 Å². The molecule has 7 nitrogen and oxygen atoms in total. The fourth-order valence-electron chi connectivity index (χ4n) is 2.99. The van der Waals surface area contributed by atoms with Crippen LogP contribution in [0.2, 0.25) is 0 Å². The Labute approximate surface area is 128 Å². The zero-order chi connectivity index (χ0) is 14.7. The molecule has 0 radical (unpaired) electrons. The number of thioether (sulfide) groups is 1. The van der Waals surface area contributed by atoms with Gasteiger partial charge < -0.3 is 21.3 Å². The Balaban J connectivity index is 1.71. The van der Waals surface area contributed by atoms with Gasteiger partial charge in [0.05, 0.1) is 17.4 Å². The first-order valence-electron chi connectivity index (χ1n) is 7.39. The van der Waals surface area contributed by atoms with E-state index in [4.69, 9.17) is 5.73 Å². The van der Waals surface area contributed by atoms with Crippen molar-refractivity contribution in [3.05, 3.63) is 11.1 Å². The van der Waals surface area contributed by atoms with Crippen molar-refractivity contribution in [1.82, 2.24) is 20.9 Å². The van der Waals surface area contributed by atoms with Crippen LogP contribution in [-0.4, -0.2) is 61.4 Å². The van der Waals surface area contributed by atoms with Crippen LogP contribution in [0.3, 0.4) is 0 Å². The predicted molar refractivity (Wildman–Crippen MR) is 84.6 cm³/mol. The molecule has 0 bridgehead atoms. The molecule has 0 aliphatic carbocycles. The average Bonchev–Trinajstić information content (AvgIpc) is 3.01. The van der Waals surface area contributed by atoms with Gasteiger partial charge in [-0.15, -0.1) is 11.8 Å². The zero-order valence-corrected chi connectivity index (χ0v) is 12.7. The molecular weight excluding hydrogens is 288 g/mol. The minimum Gasteiger partial charge on any atom is -0.361 e. The molecular formula is C13H22N6OS. The number of nitrogens with zero attached hydrogens (tertiary/aromatic N) is 2. The summed E-state index contributed by atoms with van der Waals surface area (Å²) in [7, 11) is 0. The molecule has 5 N–H and O–H groups in total. The van der Waals surface area contributed by atoms with Crippen molar-refractivity contribution in [2.75, 3.05) is 31.9 Å². The normalized spacial score (nSPS) is 31.4. The number of carbonyl (C=O) groups excluding carboxylic acids is 1. The van der Waals surface area contributed by atoms with E-state index in [2.05, 4.69) is 25.8 Å². The molecule has 0 spiro atoms. The van der Waals surface area contributed by atoms with Crippen LogP contribution in [0.1, 0.15) is 6.42 Å². The molecule has 8 heteroatoms. The summed E-state index contributed by atoms with van der Waals surface area (Å²) in [4.78, 5) is 19.6. The SMILES string of the molecule is NCCNC(=O)C1=CN(C2N=CNC3NCCC32)CCS1. The summed E-state index contributed by atoms with van der Waals surface area (Å²) in [6, 6.07) is 0. The molecule has 0 aromatic heterocycles. The lowest BCUT2D eigenvalue weighted by molar-refractivity contribution is -0.116. The van der Waals surface area contributed by atoms with E-state index >= 15 is 0 Å². The molecule has 0 aromatic rings. The molecule has 116 valence electrons. The fourth-order valence-corrected chi connectivity index (χ4v) is 3.92. The number of nitrogens with one attached hydrogen (secondary N) is 3. The van der Waals surface area contributed by atoms with Crippen LogP contribution < -0.4 is 21.7 Å². The van der Waals surface area contributed by atoms with Crippen molar-refractivity contribution in [2.24, 2.45) is 16.6 Å². The topological polar surface area (TPSA) is 94.8 Å². The Hall–Kier alpha value is -1.25. The molecule has 3 heterocycles. The van der Waals surface area contributed by atoms with Gasteiger partial charge in [0.25, 0.3) is 5.91 Å². The molecule has 1 amide bonds. The Kier molecular flexibility index (Phi) is 4.67. The van der Waals surface area contributed by atoms with E-state index in [1.54, 1.807) is 18.1 Å². The minimum atomic E-state index is -0.0332. The number of aliphatic imine (C=N–C) groups is 1. The summed E-state index contributed by atoms with van der Waals surface area (Å²) in [6.07, 6.45) is 5.26. The molecule has 3 aliphatic heterocycles. The predicted octanol–water partition coefficient (Wildman–Crippen LogP) is -1.16. The Morgan fingerprint density at radius 2 is 2.52 bits per heavy atom. The molecule has 0 saturated carbocycles. The molecule has 3 aliphatic rings. The van der Waals surface area contributed by atoms with Crippen LogP contribution in [0.25, 0.3) is 0 Å². The summed E-state index contributed by atoms with van der Waals surface area (Å²) in [6.45, 7) is 2.90. The maximum Gasteiger partial charge on any atom is 0.259 e. The molecule has 3 rings (SSSR count). The largest absolute Gasteiger partial charge is 0.361 e. The Morgan fingerprint density at radius 3 is 3.38 bits per heavy atom. The van der Waals surface area contributed by atoms with Gasteiger partial charge in [0.2, 0.25) is 0 Å². The van der Waals surface area contributed by atoms with Gasteiger partial charge in [-0.25, -0.2) is 0 Å². The summed E-state index contributed by atoms with van der Waals surface area (Å²) in [5, 5.41) is 9.53. The monoisotopic (exact) mass is 310 g/mol. The summed E-state index contributed by atoms with van der Waals surface area (Å²) < 4.78 is 0. The Morgan fingerprint density at radius 1 is 1.62 bits per heavy atom. The highest BCUT2D eigenvalue weighted by molar-refractivity contribution is 8.04. The number of hydrogen-bond acceptors (Lipinski definition) is 7. The second-order valence-corrected chi connectivity index (χ2v) is 6.50. The van der Waals surface area contributed by atoms with Crippen LogP contribution >= 0.6 is 11.8 Å². The molecule has 3 unspecified atom stereocenters. The van der Waals surface area contributed by atoms with Crippen molar-refractivity contribution < 1.29 is 4.79 Å². The van der Waals surface area contributed by atoms with Gasteiger partial charge in [0, 0.05) is 37.5 Å². The third kappa shape index (κ3) is 3.17. The minimum absolute atomic E-state index is 0.0332. The van der Waals surface area contributed by atoms with Gasteiger partial charge in [0.15, 0.2) is 0 Å². The lowest BCUT2D eigenvalue weighted by atomic mass is 10.00.